The number of guanidine groups is 1. The predicted molar refractivity (Wildman–Crippen MR) is 125 cm³/mol. The van der Waals surface area contributed by atoms with Crippen molar-refractivity contribution in [2.24, 2.45) is 10.9 Å². The lowest BCUT2D eigenvalue weighted by molar-refractivity contribution is -0.121. The van der Waals surface area contributed by atoms with Gasteiger partial charge in [-0.25, -0.2) is 0 Å². The van der Waals surface area contributed by atoms with Crippen molar-refractivity contribution in [3.8, 4) is 0 Å². The molecule has 1 saturated heterocycles. The van der Waals surface area contributed by atoms with E-state index in [9.17, 15) is 4.79 Å². The lowest BCUT2D eigenvalue weighted by Gasteiger charge is -2.21. The van der Waals surface area contributed by atoms with Gasteiger partial charge in [-0.1, -0.05) is 60.7 Å². The molecule has 1 aliphatic rings. The molecule has 0 radical (unpaired) electrons. The van der Waals surface area contributed by atoms with E-state index in [1.165, 1.54) is 5.56 Å². The van der Waals surface area contributed by atoms with Crippen LogP contribution in [0.2, 0.25) is 0 Å². The molecule has 31 heavy (non-hydrogen) atoms. The van der Waals surface area contributed by atoms with Gasteiger partial charge in [-0.3, -0.25) is 9.79 Å². The Morgan fingerprint density at radius 1 is 1.06 bits per heavy atom. The summed E-state index contributed by atoms with van der Waals surface area (Å²) in [5, 5.41) is 6.32. The summed E-state index contributed by atoms with van der Waals surface area (Å²) >= 11 is 0. The van der Waals surface area contributed by atoms with Crippen molar-refractivity contribution in [2.45, 2.75) is 32.9 Å². The van der Waals surface area contributed by atoms with Gasteiger partial charge in [0.25, 0.3) is 0 Å². The fraction of sp³-hybridized carbons (Fsp3) is 0.440. The highest BCUT2D eigenvalue weighted by Crippen LogP contribution is 2.17. The summed E-state index contributed by atoms with van der Waals surface area (Å²) in [7, 11) is 0. The molecule has 166 valence electrons. The summed E-state index contributed by atoms with van der Waals surface area (Å²) < 4.78 is 5.93. The smallest absolute Gasteiger partial charge is 0.222 e. The predicted octanol–water partition coefficient (Wildman–Crippen LogP) is 3.20. The second-order valence-electron chi connectivity index (χ2n) is 7.85. The van der Waals surface area contributed by atoms with Crippen molar-refractivity contribution in [3.05, 3.63) is 71.8 Å². The van der Waals surface area contributed by atoms with Crippen LogP contribution >= 0.6 is 0 Å². The van der Waals surface area contributed by atoms with E-state index in [1.807, 2.05) is 48.5 Å². The van der Waals surface area contributed by atoms with Crippen LogP contribution in [-0.4, -0.2) is 49.6 Å². The van der Waals surface area contributed by atoms with Crippen LogP contribution < -0.4 is 10.6 Å². The fourth-order valence-electron chi connectivity index (χ4n) is 3.65. The highest BCUT2D eigenvalue weighted by Gasteiger charge is 2.25. The molecule has 0 aliphatic carbocycles. The molecule has 1 heterocycles. The Morgan fingerprint density at radius 3 is 2.48 bits per heavy atom. The monoisotopic (exact) mass is 422 g/mol. The number of benzene rings is 2. The normalized spacial score (nSPS) is 16.4. The zero-order chi connectivity index (χ0) is 21.7. The third-order valence-electron chi connectivity index (χ3n) is 5.32. The largest absolute Gasteiger partial charge is 0.376 e. The van der Waals surface area contributed by atoms with Crippen molar-refractivity contribution in [2.75, 3.05) is 32.8 Å². The van der Waals surface area contributed by atoms with E-state index in [-0.39, 0.29) is 5.91 Å². The summed E-state index contributed by atoms with van der Waals surface area (Å²) in [5.74, 6) is 1.42. The number of nitrogens with one attached hydrogen (secondary N) is 2. The van der Waals surface area contributed by atoms with Crippen LogP contribution in [0.3, 0.4) is 0 Å². The quantitative estimate of drug-likeness (QED) is 0.456. The third-order valence-corrected chi connectivity index (χ3v) is 5.32. The maximum absolute atomic E-state index is 12.1. The number of amides is 1. The van der Waals surface area contributed by atoms with Gasteiger partial charge in [-0.2, -0.15) is 0 Å². The first-order valence-corrected chi connectivity index (χ1v) is 11.2. The zero-order valence-corrected chi connectivity index (χ0v) is 18.4. The van der Waals surface area contributed by atoms with Crippen LogP contribution in [0.4, 0.5) is 0 Å². The average molecular weight is 423 g/mol. The number of aliphatic imine (C=N–C) groups is 1. The second-order valence-corrected chi connectivity index (χ2v) is 7.85. The molecular formula is C25H34N4O2. The molecule has 0 aromatic heterocycles. The van der Waals surface area contributed by atoms with Crippen molar-refractivity contribution in [3.63, 3.8) is 0 Å². The van der Waals surface area contributed by atoms with E-state index < -0.39 is 0 Å². The number of nitrogens with zero attached hydrogens (tertiary/aromatic N) is 2. The van der Waals surface area contributed by atoms with Gasteiger partial charge < -0.3 is 20.3 Å². The number of likely N-dealkylation sites (tertiary alicyclic amines) is 1. The molecule has 2 aromatic carbocycles. The van der Waals surface area contributed by atoms with Gasteiger partial charge >= 0.3 is 0 Å². The molecule has 1 fully saturated rings. The van der Waals surface area contributed by atoms with Crippen LogP contribution in [0.5, 0.6) is 0 Å². The molecule has 3 rings (SSSR count). The Kier molecular flexibility index (Phi) is 9.38. The van der Waals surface area contributed by atoms with Gasteiger partial charge in [-0.05, 0) is 24.5 Å². The average Bonchev–Trinajstić information content (AvgIpc) is 3.27. The van der Waals surface area contributed by atoms with E-state index in [4.69, 9.17) is 4.74 Å². The van der Waals surface area contributed by atoms with E-state index in [2.05, 4.69) is 39.6 Å². The van der Waals surface area contributed by atoms with Gasteiger partial charge in [0.15, 0.2) is 5.96 Å². The number of rotatable bonds is 10. The van der Waals surface area contributed by atoms with Crippen LogP contribution in [0.15, 0.2) is 65.7 Å². The molecule has 0 bridgehead atoms. The Balaban J connectivity index is 1.38. The third kappa shape index (κ3) is 8.06. The molecule has 1 aliphatic heterocycles. The first-order valence-electron chi connectivity index (χ1n) is 11.2. The first-order chi connectivity index (χ1) is 15.2. The number of ether oxygens (including phenoxy) is 1. The number of carbonyl (C=O) groups is 1. The number of hydrogen-bond acceptors (Lipinski definition) is 3. The molecule has 6 nitrogen and oxygen atoms in total. The van der Waals surface area contributed by atoms with Crippen LogP contribution in [0.25, 0.3) is 0 Å². The van der Waals surface area contributed by atoms with Gasteiger partial charge in [0.2, 0.25) is 5.91 Å². The Morgan fingerprint density at radius 2 is 1.77 bits per heavy atom. The standard InChI is InChI=1S/C25H34N4O2/c1-2-26-25(27-15-13-24(30)28-17-21-9-5-3-6-10-21)29-16-14-23(18-29)20-31-19-22-11-7-4-8-12-22/h3-12,23H,2,13-20H2,1H3,(H,26,27)(H,28,30). The Bertz CT molecular complexity index is 811. The second kappa shape index (κ2) is 12.7. The molecule has 1 amide bonds. The van der Waals surface area contributed by atoms with Crippen molar-refractivity contribution < 1.29 is 9.53 Å². The van der Waals surface area contributed by atoms with E-state index in [1.54, 1.807) is 0 Å². The lowest BCUT2D eigenvalue weighted by atomic mass is 10.1. The van der Waals surface area contributed by atoms with Gasteiger partial charge in [0, 0.05) is 38.5 Å². The summed E-state index contributed by atoms with van der Waals surface area (Å²) in [6, 6.07) is 20.2. The minimum absolute atomic E-state index is 0.0251. The Hall–Kier alpha value is -2.86. The number of carbonyl (C=O) groups excluding carboxylic acids is 1. The molecule has 1 atom stereocenters. The molecule has 2 aromatic rings. The minimum atomic E-state index is 0.0251. The van der Waals surface area contributed by atoms with Crippen molar-refractivity contribution >= 4 is 11.9 Å². The van der Waals surface area contributed by atoms with Gasteiger partial charge in [-0.15, -0.1) is 0 Å². The molecular weight excluding hydrogens is 388 g/mol. The highest BCUT2D eigenvalue weighted by atomic mass is 16.5. The zero-order valence-electron chi connectivity index (χ0n) is 18.4. The van der Waals surface area contributed by atoms with Gasteiger partial charge in [0.1, 0.15) is 0 Å². The SMILES string of the molecule is CCNC(=NCCC(=O)NCc1ccccc1)N1CCC(COCc2ccccc2)C1. The molecule has 0 saturated carbocycles. The van der Waals surface area contributed by atoms with Crippen molar-refractivity contribution in [1.29, 1.82) is 0 Å². The number of hydrogen-bond donors (Lipinski definition) is 2. The highest BCUT2D eigenvalue weighted by molar-refractivity contribution is 5.81. The molecule has 1 unspecified atom stereocenters. The van der Waals surface area contributed by atoms with Crippen LogP contribution in [0.1, 0.15) is 30.9 Å². The van der Waals surface area contributed by atoms with E-state index in [0.29, 0.717) is 32.0 Å². The van der Waals surface area contributed by atoms with Crippen LogP contribution in [0, 0.1) is 5.92 Å². The van der Waals surface area contributed by atoms with Crippen LogP contribution in [-0.2, 0) is 22.7 Å². The van der Waals surface area contributed by atoms with Crippen molar-refractivity contribution in [1.82, 2.24) is 15.5 Å². The summed E-state index contributed by atoms with van der Waals surface area (Å²) in [6.07, 6.45) is 1.48. The summed E-state index contributed by atoms with van der Waals surface area (Å²) in [6.45, 7) is 7.22. The maximum Gasteiger partial charge on any atom is 0.222 e. The topological polar surface area (TPSA) is 66.0 Å². The maximum atomic E-state index is 12.1. The van der Waals surface area contributed by atoms with Gasteiger partial charge in [0.05, 0.1) is 19.8 Å². The minimum Gasteiger partial charge on any atom is -0.376 e. The first kappa shape index (κ1) is 22.8. The Labute approximate surface area is 185 Å². The summed E-state index contributed by atoms with van der Waals surface area (Å²) in [4.78, 5) is 19.1. The molecule has 0 spiro atoms. The molecule has 2 N–H and O–H groups in total. The van der Waals surface area contributed by atoms with E-state index in [0.717, 1.165) is 44.2 Å². The van der Waals surface area contributed by atoms with E-state index >= 15 is 0 Å². The fourth-order valence-corrected chi connectivity index (χ4v) is 3.65. The lowest BCUT2D eigenvalue weighted by Crippen LogP contribution is -2.40. The molecule has 6 heteroatoms. The summed E-state index contributed by atoms with van der Waals surface area (Å²) in [5.41, 5.74) is 2.31.